The third-order valence-corrected chi connectivity index (χ3v) is 2.91. The highest BCUT2D eigenvalue weighted by Crippen LogP contribution is 2.14. The van der Waals surface area contributed by atoms with Crippen LogP contribution in [0.1, 0.15) is 24.0 Å². The summed E-state index contributed by atoms with van der Waals surface area (Å²) in [5.74, 6) is 0.883. The van der Waals surface area contributed by atoms with E-state index < -0.39 is 0 Å². The first-order valence-corrected chi connectivity index (χ1v) is 6.23. The van der Waals surface area contributed by atoms with Crippen LogP contribution in [0.2, 0.25) is 0 Å². The summed E-state index contributed by atoms with van der Waals surface area (Å²) in [5, 5.41) is 0. The number of nitrogens with two attached hydrogens (primary N) is 1. The fourth-order valence-electron chi connectivity index (χ4n) is 2.07. The second kappa shape index (κ2) is 5.82. The maximum absolute atomic E-state index is 5.80. The largest absolute Gasteiger partial charge is 0.475 e. The minimum Gasteiger partial charge on any atom is -0.475 e. The molecule has 17 heavy (non-hydrogen) atoms. The van der Waals surface area contributed by atoms with E-state index in [0.29, 0.717) is 6.54 Å². The molecule has 1 aromatic rings. The summed E-state index contributed by atoms with van der Waals surface area (Å²) in [6.07, 6.45) is 2.98. The maximum Gasteiger partial charge on any atom is 0.183 e. The third-order valence-electron chi connectivity index (χ3n) is 2.91. The van der Waals surface area contributed by atoms with Crippen LogP contribution in [0.15, 0.2) is 29.3 Å². The summed E-state index contributed by atoms with van der Waals surface area (Å²) < 4.78 is 5.80. The average molecular weight is 232 g/mol. The zero-order valence-corrected chi connectivity index (χ0v) is 10.4. The first kappa shape index (κ1) is 12.1. The molecule has 0 amide bonds. The van der Waals surface area contributed by atoms with Gasteiger partial charge in [-0.25, -0.2) is 0 Å². The molecule has 1 unspecified atom stereocenters. The summed E-state index contributed by atoms with van der Waals surface area (Å²) >= 11 is 0. The van der Waals surface area contributed by atoms with Crippen LogP contribution < -0.4 is 5.73 Å². The second-order valence-corrected chi connectivity index (χ2v) is 4.56. The molecule has 0 spiro atoms. The standard InChI is InChI=1S/C14H20N2O/c1-11-4-2-5-12(8-11)9-13-10-16-14(17-13)6-3-7-15/h2,4-5,8,13H,3,6-7,9-10,15H2,1H3. The smallest absolute Gasteiger partial charge is 0.183 e. The molecule has 0 fully saturated rings. The van der Waals surface area contributed by atoms with Crippen LogP contribution in [0.5, 0.6) is 0 Å². The first-order valence-electron chi connectivity index (χ1n) is 6.23. The molecule has 1 aromatic carbocycles. The Morgan fingerprint density at radius 2 is 2.35 bits per heavy atom. The lowest BCUT2D eigenvalue weighted by Gasteiger charge is -2.11. The van der Waals surface area contributed by atoms with Gasteiger partial charge in [0.2, 0.25) is 0 Å². The molecule has 0 saturated carbocycles. The van der Waals surface area contributed by atoms with Crippen molar-refractivity contribution in [2.75, 3.05) is 13.1 Å². The van der Waals surface area contributed by atoms with Crippen molar-refractivity contribution in [3.05, 3.63) is 35.4 Å². The van der Waals surface area contributed by atoms with Gasteiger partial charge in [-0.1, -0.05) is 29.8 Å². The fourth-order valence-corrected chi connectivity index (χ4v) is 2.07. The zero-order chi connectivity index (χ0) is 12.1. The minimum atomic E-state index is 0.213. The highest BCUT2D eigenvalue weighted by atomic mass is 16.5. The van der Waals surface area contributed by atoms with Crippen LogP contribution >= 0.6 is 0 Å². The number of benzene rings is 1. The summed E-state index contributed by atoms with van der Waals surface area (Å²) in [4.78, 5) is 4.41. The van der Waals surface area contributed by atoms with Crippen molar-refractivity contribution >= 4 is 5.90 Å². The van der Waals surface area contributed by atoms with Crippen molar-refractivity contribution < 1.29 is 4.74 Å². The predicted molar refractivity (Wildman–Crippen MR) is 70.3 cm³/mol. The number of rotatable bonds is 5. The van der Waals surface area contributed by atoms with Crippen LogP contribution in [0, 0.1) is 6.92 Å². The van der Waals surface area contributed by atoms with Crippen LogP contribution in [-0.4, -0.2) is 25.1 Å². The molecular formula is C14H20N2O. The van der Waals surface area contributed by atoms with Gasteiger partial charge in [-0.2, -0.15) is 0 Å². The summed E-state index contributed by atoms with van der Waals surface area (Å²) in [5.41, 5.74) is 8.09. The molecule has 3 heteroatoms. The lowest BCUT2D eigenvalue weighted by Crippen LogP contribution is -2.16. The highest BCUT2D eigenvalue weighted by Gasteiger charge is 2.19. The van der Waals surface area contributed by atoms with Gasteiger partial charge < -0.3 is 10.5 Å². The molecule has 2 rings (SSSR count). The summed E-state index contributed by atoms with van der Waals surface area (Å²) in [6, 6.07) is 8.56. The van der Waals surface area contributed by atoms with Crippen LogP contribution in [0.3, 0.4) is 0 Å². The minimum absolute atomic E-state index is 0.213. The zero-order valence-electron chi connectivity index (χ0n) is 10.4. The Morgan fingerprint density at radius 3 is 3.12 bits per heavy atom. The Kier molecular flexibility index (Phi) is 4.15. The van der Waals surface area contributed by atoms with Crippen LogP contribution in [0.25, 0.3) is 0 Å². The van der Waals surface area contributed by atoms with Crippen LogP contribution in [-0.2, 0) is 11.2 Å². The van der Waals surface area contributed by atoms with Crippen LogP contribution in [0.4, 0.5) is 0 Å². The molecule has 0 radical (unpaired) electrons. The predicted octanol–water partition coefficient (Wildman–Crippen LogP) is 2.07. The monoisotopic (exact) mass is 232 g/mol. The lowest BCUT2D eigenvalue weighted by atomic mass is 10.1. The van der Waals surface area contributed by atoms with Gasteiger partial charge in [0, 0.05) is 12.8 Å². The molecule has 0 bridgehead atoms. The van der Waals surface area contributed by atoms with E-state index in [4.69, 9.17) is 10.5 Å². The average Bonchev–Trinajstić information content (AvgIpc) is 2.74. The van der Waals surface area contributed by atoms with Gasteiger partial charge in [0.1, 0.15) is 6.10 Å². The highest BCUT2D eigenvalue weighted by molar-refractivity contribution is 5.77. The Hall–Kier alpha value is -1.35. The summed E-state index contributed by atoms with van der Waals surface area (Å²) in [6.45, 7) is 3.60. The number of hydrogen-bond acceptors (Lipinski definition) is 3. The molecule has 1 aliphatic heterocycles. The number of aliphatic imine (C=N–C) groups is 1. The Labute approximate surface area is 103 Å². The van der Waals surface area contributed by atoms with E-state index in [-0.39, 0.29) is 6.10 Å². The van der Waals surface area contributed by atoms with Crippen molar-refractivity contribution in [3.63, 3.8) is 0 Å². The molecule has 0 saturated heterocycles. The van der Waals surface area contributed by atoms with Gasteiger partial charge in [0.05, 0.1) is 6.54 Å². The van der Waals surface area contributed by atoms with Crippen molar-refractivity contribution in [3.8, 4) is 0 Å². The molecule has 3 nitrogen and oxygen atoms in total. The van der Waals surface area contributed by atoms with Gasteiger partial charge in [0.25, 0.3) is 0 Å². The van der Waals surface area contributed by atoms with Gasteiger partial charge in [-0.3, -0.25) is 4.99 Å². The SMILES string of the molecule is Cc1cccc(CC2CN=C(CCCN)O2)c1. The van der Waals surface area contributed by atoms with Gasteiger partial charge in [-0.05, 0) is 25.5 Å². The van der Waals surface area contributed by atoms with E-state index >= 15 is 0 Å². The van der Waals surface area contributed by atoms with E-state index in [1.165, 1.54) is 11.1 Å². The number of nitrogens with zero attached hydrogens (tertiary/aromatic N) is 1. The summed E-state index contributed by atoms with van der Waals surface area (Å²) in [7, 11) is 0. The lowest BCUT2D eigenvalue weighted by molar-refractivity contribution is 0.218. The molecule has 0 aromatic heterocycles. The molecular weight excluding hydrogens is 212 g/mol. The quantitative estimate of drug-likeness (QED) is 0.845. The molecule has 1 atom stereocenters. The molecule has 2 N–H and O–H groups in total. The number of hydrogen-bond donors (Lipinski definition) is 1. The molecule has 1 aliphatic rings. The number of aryl methyl sites for hydroxylation is 1. The number of ether oxygens (including phenoxy) is 1. The van der Waals surface area contributed by atoms with Gasteiger partial charge in [-0.15, -0.1) is 0 Å². The molecule has 0 aliphatic carbocycles. The topological polar surface area (TPSA) is 47.6 Å². The third kappa shape index (κ3) is 3.56. The first-order chi connectivity index (χ1) is 8.28. The Bertz CT molecular complexity index is 401. The van der Waals surface area contributed by atoms with Gasteiger partial charge >= 0.3 is 0 Å². The Balaban J connectivity index is 1.83. The van der Waals surface area contributed by atoms with Crippen molar-refractivity contribution in [1.82, 2.24) is 0 Å². The fraction of sp³-hybridized carbons (Fsp3) is 0.500. The molecule has 1 heterocycles. The van der Waals surface area contributed by atoms with E-state index in [0.717, 1.165) is 31.7 Å². The Morgan fingerprint density at radius 1 is 1.47 bits per heavy atom. The van der Waals surface area contributed by atoms with E-state index in [9.17, 15) is 0 Å². The maximum atomic E-state index is 5.80. The molecule has 92 valence electrons. The second-order valence-electron chi connectivity index (χ2n) is 4.56. The van der Waals surface area contributed by atoms with E-state index in [1.54, 1.807) is 0 Å². The van der Waals surface area contributed by atoms with E-state index in [2.05, 4.69) is 36.2 Å². The normalized spacial score (nSPS) is 18.9. The van der Waals surface area contributed by atoms with Crippen molar-refractivity contribution in [1.29, 1.82) is 0 Å². The van der Waals surface area contributed by atoms with Crippen molar-refractivity contribution in [2.24, 2.45) is 10.7 Å². The van der Waals surface area contributed by atoms with Gasteiger partial charge in [0.15, 0.2) is 5.90 Å². The van der Waals surface area contributed by atoms with Crippen molar-refractivity contribution in [2.45, 2.75) is 32.3 Å². The van der Waals surface area contributed by atoms with E-state index in [1.807, 2.05) is 0 Å².